The van der Waals surface area contributed by atoms with Crippen LogP contribution in [-0.4, -0.2) is 41.7 Å². The Labute approximate surface area is 247 Å². The van der Waals surface area contributed by atoms with Gasteiger partial charge in [-0.25, -0.2) is 4.39 Å². The number of H-pyrrole nitrogens is 1. The molecule has 10 nitrogen and oxygen atoms in total. The van der Waals surface area contributed by atoms with Gasteiger partial charge in [-0.3, -0.25) is 19.2 Å². The van der Waals surface area contributed by atoms with Crippen LogP contribution < -0.4 is 27.0 Å². The molecule has 2 aromatic carbocycles. The Hall–Kier alpha value is -4.64. The Morgan fingerprint density at radius 2 is 1.81 bits per heavy atom. The van der Waals surface area contributed by atoms with Crippen LogP contribution in [0.15, 0.2) is 36.4 Å². The molecule has 0 radical (unpaired) electrons. The largest absolute Gasteiger partial charge is 0.399 e. The number of aromatic amines is 1. The van der Waals surface area contributed by atoms with E-state index in [0.717, 1.165) is 6.42 Å². The minimum Gasteiger partial charge on any atom is -0.399 e. The molecule has 0 atom stereocenters. The first kappa shape index (κ1) is 30.3. The average molecular weight is 595 g/mol. The number of fused-ring (bicyclic) bond motifs is 1. The van der Waals surface area contributed by atoms with Gasteiger partial charge < -0.3 is 32.0 Å². The fourth-order valence-corrected chi connectivity index (χ4v) is 4.99. The van der Waals surface area contributed by atoms with E-state index in [1.54, 1.807) is 38.1 Å². The molecule has 7 N–H and O–H groups in total. The molecule has 4 amide bonds. The van der Waals surface area contributed by atoms with Gasteiger partial charge in [0.15, 0.2) is 0 Å². The number of nitrogens with two attached hydrogens (primary N) is 1. The highest BCUT2D eigenvalue weighted by atomic mass is 35.5. The van der Waals surface area contributed by atoms with E-state index in [2.05, 4.69) is 26.3 Å². The molecule has 0 saturated heterocycles. The summed E-state index contributed by atoms with van der Waals surface area (Å²) >= 11 is 5.94. The number of aryl methyl sites for hydroxylation is 1. The molecule has 2 heterocycles. The summed E-state index contributed by atoms with van der Waals surface area (Å²) in [7, 11) is 0. The molecule has 0 saturated carbocycles. The third-order valence-electron chi connectivity index (χ3n) is 6.77. The minimum absolute atomic E-state index is 0.150. The van der Waals surface area contributed by atoms with Crippen LogP contribution in [0, 0.1) is 19.7 Å². The van der Waals surface area contributed by atoms with Crippen molar-refractivity contribution >= 4 is 63.9 Å². The average Bonchev–Trinajstić information content (AvgIpc) is 3.37. The number of carbonyl (C=O) groups excluding carboxylic acids is 4. The van der Waals surface area contributed by atoms with Crippen LogP contribution in [-0.2, 0) is 14.4 Å². The van der Waals surface area contributed by atoms with Gasteiger partial charge in [0.2, 0.25) is 11.8 Å². The summed E-state index contributed by atoms with van der Waals surface area (Å²) in [5, 5.41) is 11.3. The predicted octanol–water partition coefficient (Wildman–Crippen LogP) is 4.54. The van der Waals surface area contributed by atoms with Crippen molar-refractivity contribution in [3.8, 4) is 0 Å². The van der Waals surface area contributed by atoms with E-state index in [9.17, 15) is 23.6 Å². The highest BCUT2D eigenvalue weighted by Crippen LogP contribution is 2.34. The molecule has 1 aliphatic heterocycles. The number of benzene rings is 2. The fourth-order valence-electron chi connectivity index (χ4n) is 4.74. The Kier molecular flexibility index (Phi) is 9.64. The number of hydrogen-bond acceptors (Lipinski definition) is 5. The summed E-state index contributed by atoms with van der Waals surface area (Å²) in [5.41, 5.74) is 10.0. The lowest BCUT2D eigenvalue weighted by Gasteiger charge is -2.08. The van der Waals surface area contributed by atoms with Crippen molar-refractivity contribution in [1.29, 1.82) is 0 Å². The second kappa shape index (κ2) is 13.3. The molecule has 1 aliphatic rings. The van der Waals surface area contributed by atoms with Gasteiger partial charge in [0, 0.05) is 52.0 Å². The maximum absolute atomic E-state index is 13.8. The molecule has 220 valence electrons. The van der Waals surface area contributed by atoms with Crippen molar-refractivity contribution in [3.05, 3.63) is 75.3 Å². The summed E-state index contributed by atoms with van der Waals surface area (Å²) < 4.78 is 13.8. The second-order valence-electron chi connectivity index (χ2n) is 10.0. The maximum Gasteiger partial charge on any atom is 0.256 e. The summed E-state index contributed by atoms with van der Waals surface area (Å²) in [5.74, 6) is -1.75. The van der Waals surface area contributed by atoms with Gasteiger partial charge >= 0.3 is 0 Å². The number of unbranched alkanes of at least 4 members (excludes halogenated alkanes) is 2. The van der Waals surface area contributed by atoms with Crippen molar-refractivity contribution in [3.63, 3.8) is 0 Å². The van der Waals surface area contributed by atoms with E-state index < -0.39 is 11.7 Å². The molecular weight excluding hydrogens is 563 g/mol. The Morgan fingerprint density at radius 1 is 1.02 bits per heavy atom. The number of nitrogen functional groups attached to an aromatic ring is 1. The van der Waals surface area contributed by atoms with Crippen LogP contribution in [0.25, 0.3) is 11.6 Å². The van der Waals surface area contributed by atoms with E-state index in [0.29, 0.717) is 76.0 Å². The van der Waals surface area contributed by atoms with Crippen molar-refractivity contribution in [1.82, 2.24) is 15.6 Å². The molecule has 12 heteroatoms. The van der Waals surface area contributed by atoms with Gasteiger partial charge in [-0.05, 0) is 74.7 Å². The van der Waals surface area contributed by atoms with Crippen LogP contribution in [0.4, 0.5) is 21.5 Å². The number of aromatic nitrogens is 1. The third kappa shape index (κ3) is 7.55. The maximum atomic E-state index is 13.8. The lowest BCUT2D eigenvalue weighted by Crippen LogP contribution is -2.37. The zero-order valence-corrected chi connectivity index (χ0v) is 24.0. The van der Waals surface area contributed by atoms with Gasteiger partial charge in [-0.1, -0.05) is 18.0 Å². The van der Waals surface area contributed by atoms with Crippen LogP contribution in [0.1, 0.15) is 58.6 Å². The van der Waals surface area contributed by atoms with E-state index in [4.69, 9.17) is 17.3 Å². The topological polar surface area (TPSA) is 158 Å². The molecular formula is C30H32ClFN6O4. The van der Waals surface area contributed by atoms with Gasteiger partial charge in [-0.15, -0.1) is 0 Å². The van der Waals surface area contributed by atoms with E-state index in [-0.39, 0.29) is 29.8 Å². The number of carbonyl (C=O) groups is 4. The monoisotopic (exact) mass is 594 g/mol. The van der Waals surface area contributed by atoms with E-state index in [1.807, 2.05) is 0 Å². The van der Waals surface area contributed by atoms with E-state index in [1.165, 1.54) is 18.2 Å². The number of rotatable bonds is 11. The first-order chi connectivity index (χ1) is 20.0. The minimum atomic E-state index is -0.461. The molecule has 0 fully saturated rings. The van der Waals surface area contributed by atoms with Gasteiger partial charge in [-0.2, -0.15) is 0 Å². The molecule has 0 aliphatic carbocycles. The number of nitrogens with one attached hydrogen (secondary N) is 5. The van der Waals surface area contributed by atoms with Crippen LogP contribution in [0.5, 0.6) is 0 Å². The highest BCUT2D eigenvalue weighted by molar-refractivity contribution is 6.35. The quantitative estimate of drug-likeness (QED) is 0.109. The summed E-state index contributed by atoms with van der Waals surface area (Å²) in [6.07, 6.45) is 3.95. The van der Waals surface area contributed by atoms with Crippen LogP contribution in [0.2, 0.25) is 5.02 Å². The Morgan fingerprint density at radius 3 is 2.57 bits per heavy atom. The molecule has 0 spiro atoms. The molecule has 42 heavy (non-hydrogen) atoms. The number of hydrogen-bond donors (Lipinski definition) is 6. The Bertz CT molecular complexity index is 1560. The highest BCUT2D eigenvalue weighted by Gasteiger charge is 2.26. The third-order valence-corrected chi connectivity index (χ3v) is 6.99. The zero-order valence-electron chi connectivity index (χ0n) is 23.3. The van der Waals surface area contributed by atoms with Gasteiger partial charge in [0.1, 0.15) is 5.82 Å². The molecule has 3 aromatic rings. The standard InChI is InChI=1S/C30H32ClFN6O4/c1-16-25(14-23-22-12-19(32)7-8-24(22)38-29(23)41)36-17(2)28(16)30(42)35-15-27(40)34-9-5-3-4-6-26(39)37-21-11-18(31)10-20(33)13-21/h7-8,10-14,36H,3-6,9,15,33H2,1-2H3,(H,34,40)(H,35,42)(H,37,39)(H,38,41)/b23-14-. The molecule has 0 bridgehead atoms. The molecule has 0 unspecified atom stereocenters. The van der Waals surface area contributed by atoms with Crippen molar-refractivity contribution in [2.45, 2.75) is 39.5 Å². The van der Waals surface area contributed by atoms with Gasteiger partial charge in [0.05, 0.1) is 17.7 Å². The van der Waals surface area contributed by atoms with Crippen LogP contribution in [0.3, 0.4) is 0 Å². The lowest BCUT2D eigenvalue weighted by molar-refractivity contribution is -0.120. The second-order valence-corrected chi connectivity index (χ2v) is 10.5. The fraction of sp³-hybridized carbons (Fsp3) is 0.267. The summed E-state index contributed by atoms with van der Waals surface area (Å²) in [4.78, 5) is 52.8. The normalized spacial score (nSPS) is 13.0. The Balaban J connectivity index is 1.20. The summed E-state index contributed by atoms with van der Waals surface area (Å²) in [6, 6.07) is 8.90. The smallest absolute Gasteiger partial charge is 0.256 e. The number of halogens is 2. The number of amides is 4. The number of anilines is 3. The van der Waals surface area contributed by atoms with Crippen molar-refractivity contribution in [2.24, 2.45) is 0 Å². The van der Waals surface area contributed by atoms with Crippen molar-refractivity contribution in [2.75, 3.05) is 29.5 Å². The predicted molar refractivity (Wildman–Crippen MR) is 161 cm³/mol. The van der Waals surface area contributed by atoms with E-state index >= 15 is 0 Å². The SMILES string of the molecule is Cc1[nH]c(/C=C2\C(=O)Nc3ccc(F)cc32)c(C)c1C(=O)NCC(=O)NCCCCCC(=O)Nc1cc(N)cc(Cl)c1. The first-order valence-corrected chi connectivity index (χ1v) is 13.8. The first-order valence-electron chi connectivity index (χ1n) is 13.4. The zero-order chi connectivity index (χ0) is 30.4. The van der Waals surface area contributed by atoms with Crippen molar-refractivity contribution < 1.29 is 23.6 Å². The molecule has 1 aromatic heterocycles. The van der Waals surface area contributed by atoms with Crippen LogP contribution >= 0.6 is 11.6 Å². The molecule has 4 rings (SSSR count). The summed E-state index contributed by atoms with van der Waals surface area (Å²) in [6.45, 7) is 3.65. The van der Waals surface area contributed by atoms with Gasteiger partial charge in [0.25, 0.3) is 11.8 Å². The lowest BCUT2D eigenvalue weighted by atomic mass is 10.0.